The molecule has 0 saturated carbocycles. The second-order valence-electron chi connectivity index (χ2n) is 7.57. The van der Waals surface area contributed by atoms with Crippen LogP contribution in [0.1, 0.15) is 38.7 Å². The van der Waals surface area contributed by atoms with E-state index in [9.17, 15) is 22.8 Å². The average molecular weight is 469 g/mol. The van der Waals surface area contributed by atoms with Crippen molar-refractivity contribution in [2.75, 3.05) is 39.9 Å². The average Bonchev–Trinajstić information content (AvgIpc) is 2.81. The maximum atomic E-state index is 12.5. The number of likely N-dealkylation sites (tertiary alicyclic amines) is 1. The van der Waals surface area contributed by atoms with Crippen molar-refractivity contribution in [1.29, 1.82) is 0 Å². The summed E-state index contributed by atoms with van der Waals surface area (Å²) in [6, 6.07) is 6.44. The first-order valence-electron chi connectivity index (χ1n) is 10.8. The zero-order chi connectivity index (χ0) is 23.7. The molecule has 32 heavy (non-hydrogen) atoms. The van der Waals surface area contributed by atoms with Gasteiger partial charge in [0.2, 0.25) is 10.0 Å². The van der Waals surface area contributed by atoms with Gasteiger partial charge in [0.25, 0.3) is 5.91 Å². The number of ether oxygens (including phenoxy) is 2. The van der Waals surface area contributed by atoms with Gasteiger partial charge < -0.3 is 14.4 Å². The van der Waals surface area contributed by atoms with Crippen molar-refractivity contribution in [3.05, 3.63) is 29.8 Å². The van der Waals surface area contributed by atoms with Crippen molar-refractivity contribution < 1.29 is 32.3 Å². The maximum absolute atomic E-state index is 12.5. The van der Waals surface area contributed by atoms with Crippen molar-refractivity contribution in [2.45, 2.75) is 44.4 Å². The predicted octanol–water partition coefficient (Wildman–Crippen LogP) is 1.60. The van der Waals surface area contributed by atoms with E-state index in [2.05, 4.69) is 0 Å². The zero-order valence-corrected chi connectivity index (χ0v) is 19.7. The lowest BCUT2D eigenvalue weighted by molar-refractivity contribution is -0.154. The molecule has 1 aliphatic rings. The molecule has 9 nitrogen and oxygen atoms in total. The van der Waals surface area contributed by atoms with Gasteiger partial charge in [-0.1, -0.05) is 26.0 Å². The summed E-state index contributed by atoms with van der Waals surface area (Å²) in [7, 11) is -2.17. The Morgan fingerprint density at radius 1 is 1.06 bits per heavy atom. The van der Waals surface area contributed by atoms with Crippen molar-refractivity contribution in [2.24, 2.45) is 5.92 Å². The number of rotatable bonds is 10. The van der Waals surface area contributed by atoms with E-state index in [0.29, 0.717) is 45.4 Å². The fourth-order valence-electron chi connectivity index (χ4n) is 3.62. The van der Waals surface area contributed by atoms with Crippen LogP contribution in [0.5, 0.6) is 0 Å². The van der Waals surface area contributed by atoms with Crippen LogP contribution in [0, 0.1) is 5.92 Å². The summed E-state index contributed by atoms with van der Waals surface area (Å²) in [4.78, 5) is 37.6. The van der Waals surface area contributed by atoms with Crippen molar-refractivity contribution in [3.63, 3.8) is 0 Å². The normalized spacial score (nSPS) is 14.9. The quantitative estimate of drug-likeness (QED) is 0.480. The van der Waals surface area contributed by atoms with Crippen LogP contribution in [0.15, 0.2) is 29.2 Å². The minimum Gasteiger partial charge on any atom is -0.469 e. The Morgan fingerprint density at radius 3 is 2.19 bits per heavy atom. The molecule has 1 saturated heterocycles. The molecule has 0 spiro atoms. The Kier molecular flexibility index (Phi) is 9.64. The zero-order valence-electron chi connectivity index (χ0n) is 18.9. The van der Waals surface area contributed by atoms with Crippen LogP contribution in [0.3, 0.4) is 0 Å². The Morgan fingerprint density at radius 2 is 1.66 bits per heavy atom. The Labute approximate surface area is 189 Å². The fourth-order valence-corrected chi connectivity index (χ4v) is 5.08. The number of carbonyl (C=O) groups is 3. The molecule has 0 unspecified atom stereocenters. The summed E-state index contributed by atoms with van der Waals surface area (Å²) in [6.07, 6.45) is 1.53. The summed E-state index contributed by atoms with van der Waals surface area (Å²) in [5.41, 5.74) is 0.802. The van der Waals surface area contributed by atoms with Gasteiger partial charge in [0.05, 0.1) is 17.9 Å². The van der Waals surface area contributed by atoms with Crippen LogP contribution in [0.4, 0.5) is 0 Å². The van der Waals surface area contributed by atoms with Gasteiger partial charge in [0, 0.05) is 32.6 Å². The second kappa shape index (κ2) is 12.0. The first-order chi connectivity index (χ1) is 15.2. The van der Waals surface area contributed by atoms with Gasteiger partial charge in [-0.25, -0.2) is 8.42 Å². The smallest absolute Gasteiger partial charge is 0.308 e. The highest BCUT2D eigenvalue weighted by molar-refractivity contribution is 7.89. The number of nitrogens with zero attached hydrogens (tertiary/aromatic N) is 2. The molecule has 0 bridgehead atoms. The molecule has 1 aromatic carbocycles. The SMILES string of the molecule is CCN(CC)S(=O)(=O)c1ccc(CCC(=O)OCC(=O)N2CCC(C(=O)OC)CC2)cc1. The van der Waals surface area contributed by atoms with Crippen LogP contribution in [-0.4, -0.2) is 75.4 Å². The Bertz CT molecular complexity index is 887. The fraction of sp³-hybridized carbons (Fsp3) is 0.591. The first kappa shape index (κ1) is 25.8. The van der Waals surface area contributed by atoms with E-state index in [1.54, 1.807) is 30.9 Å². The van der Waals surface area contributed by atoms with Crippen molar-refractivity contribution in [3.8, 4) is 0 Å². The van der Waals surface area contributed by atoms with E-state index in [0.717, 1.165) is 5.56 Å². The van der Waals surface area contributed by atoms with Gasteiger partial charge in [-0.3, -0.25) is 14.4 Å². The largest absolute Gasteiger partial charge is 0.469 e. The highest BCUT2D eigenvalue weighted by Crippen LogP contribution is 2.19. The Hall–Kier alpha value is -2.46. The third-order valence-electron chi connectivity index (χ3n) is 5.62. The molecular formula is C22H32N2O7S. The molecule has 1 amide bonds. The number of sulfonamides is 1. The lowest BCUT2D eigenvalue weighted by Gasteiger charge is -2.30. The number of amides is 1. The maximum Gasteiger partial charge on any atom is 0.308 e. The van der Waals surface area contributed by atoms with Crippen molar-refractivity contribution in [1.82, 2.24) is 9.21 Å². The van der Waals surface area contributed by atoms with Crippen LogP contribution >= 0.6 is 0 Å². The molecule has 0 N–H and O–H groups in total. The third-order valence-corrected chi connectivity index (χ3v) is 7.69. The molecule has 0 aliphatic carbocycles. The van der Waals surface area contributed by atoms with E-state index >= 15 is 0 Å². The van der Waals surface area contributed by atoms with Crippen LogP contribution in [0.2, 0.25) is 0 Å². The van der Waals surface area contributed by atoms with Crippen molar-refractivity contribution >= 4 is 27.9 Å². The third kappa shape index (κ3) is 6.77. The molecule has 1 aliphatic heterocycles. The summed E-state index contributed by atoms with van der Waals surface area (Å²) >= 11 is 0. The number of methoxy groups -OCH3 is 1. The molecule has 0 atom stereocenters. The number of piperidine rings is 1. The van der Waals surface area contributed by atoms with E-state index in [-0.39, 0.29) is 35.7 Å². The topological polar surface area (TPSA) is 110 Å². The lowest BCUT2D eigenvalue weighted by atomic mass is 9.97. The first-order valence-corrected chi connectivity index (χ1v) is 12.3. The van der Waals surface area contributed by atoms with Gasteiger partial charge in [0.15, 0.2) is 6.61 Å². The second-order valence-corrected chi connectivity index (χ2v) is 9.51. The van der Waals surface area contributed by atoms with E-state index in [4.69, 9.17) is 9.47 Å². The summed E-state index contributed by atoms with van der Waals surface area (Å²) in [6.45, 7) is 4.90. The summed E-state index contributed by atoms with van der Waals surface area (Å²) < 4.78 is 36.2. The summed E-state index contributed by atoms with van der Waals surface area (Å²) in [5, 5.41) is 0. The van der Waals surface area contributed by atoms with E-state index in [1.807, 2.05) is 0 Å². The molecule has 178 valence electrons. The monoisotopic (exact) mass is 468 g/mol. The van der Waals surface area contributed by atoms with Gasteiger partial charge in [-0.2, -0.15) is 4.31 Å². The van der Waals surface area contributed by atoms with Gasteiger partial charge >= 0.3 is 11.9 Å². The van der Waals surface area contributed by atoms with E-state index in [1.165, 1.54) is 23.5 Å². The van der Waals surface area contributed by atoms with Crippen LogP contribution < -0.4 is 0 Å². The Balaban J connectivity index is 1.76. The minimum absolute atomic E-state index is 0.0832. The highest BCUT2D eigenvalue weighted by Gasteiger charge is 2.28. The number of esters is 2. The standard InChI is InChI=1S/C22H32N2O7S/c1-4-24(5-2)32(28,29)19-9-6-17(7-10-19)8-11-21(26)31-16-20(25)23-14-12-18(13-15-23)22(27)30-3/h6-7,9-10,18H,4-5,8,11-16H2,1-3H3. The highest BCUT2D eigenvalue weighted by atomic mass is 32.2. The number of hydrogen-bond acceptors (Lipinski definition) is 7. The molecule has 0 aromatic heterocycles. The molecule has 10 heteroatoms. The molecule has 2 rings (SSSR count). The predicted molar refractivity (Wildman–Crippen MR) is 117 cm³/mol. The molecule has 1 aromatic rings. The summed E-state index contributed by atoms with van der Waals surface area (Å²) in [5.74, 6) is -1.24. The van der Waals surface area contributed by atoms with Gasteiger partial charge in [-0.05, 0) is 37.0 Å². The molecule has 1 fully saturated rings. The number of carbonyl (C=O) groups excluding carboxylic acids is 3. The number of benzene rings is 1. The van der Waals surface area contributed by atoms with E-state index < -0.39 is 16.0 Å². The minimum atomic E-state index is -3.51. The molecule has 0 radical (unpaired) electrons. The lowest BCUT2D eigenvalue weighted by Crippen LogP contribution is -2.42. The van der Waals surface area contributed by atoms with Crippen LogP contribution in [-0.2, 0) is 40.3 Å². The number of aryl methyl sites for hydroxylation is 1. The van der Waals surface area contributed by atoms with Gasteiger partial charge in [0.1, 0.15) is 0 Å². The van der Waals surface area contributed by atoms with Gasteiger partial charge in [-0.15, -0.1) is 0 Å². The van der Waals surface area contributed by atoms with Crippen LogP contribution in [0.25, 0.3) is 0 Å². The molecular weight excluding hydrogens is 436 g/mol. The number of hydrogen-bond donors (Lipinski definition) is 0. The molecule has 1 heterocycles.